The van der Waals surface area contributed by atoms with Gasteiger partial charge >= 0.3 is 0 Å². The molecule has 1 aliphatic rings. The van der Waals surface area contributed by atoms with E-state index in [2.05, 4.69) is 25.9 Å². The van der Waals surface area contributed by atoms with Crippen molar-refractivity contribution in [1.82, 2.24) is 30.8 Å². The molecule has 0 spiro atoms. The summed E-state index contributed by atoms with van der Waals surface area (Å²) in [6.45, 7) is 0.113. The van der Waals surface area contributed by atoms with Crippen LogP contribution in [0.5, 0.6) is 0 Å². The van der Waals surface area contributed by atoms with E-state index in [-0.39, 0.29) is 38.8 Å². The molecule has 4 rings (SSSR count). The highest BCUT2D eigenvalue weighted by atomic mass is 16.2. The predicted octanol–water partition coefficient (Wildman–Crippen LogP) is -0.725. The summed E-state index contributed by atoms with van der Waals surface area (Å²) in [7, 11) is 3.75. The van der Waals surface area contributed by atoms with Crippen molar-refractivity contribution in [2.75, 3.05) is 38.6 Å². The number of aromatic nitrogens is 2. The zero-order chi connectivity index (χ0) is 35.7. The molecule has 262 valence electrons. The van der Waals surface area contributed by atoms with E-state index in [0.717, 1.165) is 16.0 Å². The van der Waals surface area contributed by atoms with Crippen LogP contribution in [0.15, 0.2) is 42.9 Å². The molecule has 2 aromatic carbocycles. The fraction of sp³-hybridized carbons (Fsp3) is 0.424. The molecule has 1 aliphatic heterocycles. The second-order valence-electron chi connectivity index (χ2n) is 12.1. The van der Waals surface area contributed by atoms with Gasteiger partial charge in [0.15, 0.2) is 0 Å². The number of carbonyl (C=O) groups excluding carboxylic acids is 6. The summed E-state index contributed by atoms with van der Waals surface area (Å²) in [6.07, 6.45) is 4.15. The summed E-state index contributed by atoms with van der Waals surface area (Å²) < 4.78 is 0. The van der Waals surface area contributed by atoms with Crippen molar-refractivity contribution in [1.29, 1.82) is 0 Å². The molecule has 1 aromatic heterocycles. The maximum absolute atomic E-state index is 13.4. The first-order valence-corrected chi connectivity index (χ1v) is 16.1. The van der Waals surface area contributed by atoms with Gasteiger partial charge < -0.3 is 43.0 Å². The molecular weight excluding hydrogens is 632 g/mol. The Bertz CT molecular complexity index is 1670. The number of benzene rings is 2. The number of imide groups is 1. The third-order valence-electron chi connectivity index (χ3n) is 8.31. The van der Waals surface area contributed by atoms with Crippen molar-refractivity contribution in [2.45, 2.75) is 56.7 Å². The molecule has 0 unspecified atom stereocenters. The normalized spacial score (nSPS) is 14.2. The first kappa shape index (κ1) is 36.5. The Morgan fingerprint density at radius 3 is 2.29 bits per heavy atom. The van der Waals surface area contributed by atoms with E-state index in [0.29, 0.717) is 41.6 Å². The van der Waals surface area contributed by atoms with Crippen LogP contribution < -0.4 is 38.1 Å². The number of unbranched alkanes of at least 4 members (excludes halogenated alkanes) is 1. The number of anilines is 1. The molecule has 10 N–H and O–H groups in total. The topological polar surface area (TPSA) is 252 Å². The molecule has 0 radical (unpaired) electrons. The van der Waals surface area contributed by atoms with Crippen molar-refractivity contribution in [3.8, 4) is 0 Å². The molecule has 2 heterocycles. The third-order valence-corrected chi connectivity index (χ3v) is 8.31. The number of primary amides is 1. The molecule has 3 aromatic rings. The fourth-order valence-electron chi connectivity index (χ4n) is 5.73. The Labute approximate surface area is 283 Å². The fourth-order valence-corrected chi connectivity index (χ4v) is 5.73. The second-order valence-corrected chi connectivity index (χ2v) is 12.1. The number of hydrogen-bond acceptors (Lipinski definition) is 10. The van der Waals surface area contributed by atoms with Crippen molar-refractivity contribution in [3.05, 3.63) is 59.7 Å². The van der Waals surface area contributed by atoms with Crippen molar-refractivity contribution in [2.24, 2.45) is 17.2 Å². The second kappa shape index (κ2) is 16.7. The van der Waals surface area contributed by atoms with E-state index in [1.54, 1.807) is 18.2 Å². The van der Waals surface area contributed by atoms with Gasteiger partial charge in [0, 0.05) is 79.5 Å². The molecule has 49 heavy (non-hydrogen) atoms. The van der Waals surface area contributed by atoms with Gasteiger partial charge in [-0.25, -0.2) is 4.98 Å². The van der Waals surface area contributed by atoms with Crippen LogP contribution in [0.25, 0.3) is 10.8 Å². The number of H-pyrrole nitrogens is 1. The lowest BCUT2D eigenvalue weighted by molar-refractivity contribution is -0.132. The average Bonchev–Trinajstić information content (AvgIpc) is 3.58. The molecular formula is C33H44N10O6. The lowest BCUT2D eigenvalue weighted by atomic mass is 9.93. The molecule has 3 atom stereocenters. The number of nitrogens with one attached hydrogen (secondary N) is 4. The van der Waals surface area contributed by atoms with Gasteiger partial charge in [-0.1, -0.05) is 12.1 Å². The summed E-state index contributed by atoms with van der Waals surface area (Å²) in [5.74, 6) is -3.56. The molecule has 0 saturated carbocycles. The Kier molecular flexibility index (Phi) is 12.4. The number of hydrogen-bond donors (Lipinski definition) is 7. The van der Waals surface area contributed by atoms with Gasteiger partial charge in [0.25, 0.3) is 11.8 Å². The smallest absolute Gasteiger partial charge is 0.261 e. The van der Waals surface area contributed by atoms with Crippen molar-refractivity contribution < 1.29 is 28.8 Å². The quantitative estimate of drug-likeness (QED) is 0.0657. The van der Waals surface area contributed by atoms with Gasteiger partial charge in [-0.15, -0.1) is 0 Å². The summed E-state index contributed by atoms with van der Waals surface area (Å²) in [5.41, 5.74) is 19.3. The average molecular weight is 677 g/mol. The Morgan fingerprint density at radius 1 is 0.939 bits per heavy atom. The minimum Gasteiger partial charge on any atom is -0.377 e. The van der Waals surface area contributed by atoms with Crippen molar-refractivity contribution in [3.63, 3.8) is 0 Å². The minimum atomic E-state index is -1.21. The monoisotopic (exact) mass is 676 g/mol. The van der Waals surface area contributed by atoms with Gasteiger partial charge in [0.2, 0.25) is 23.6 Å². The van der Waals surface area contributed by atoms with Crippen LogP contribution in [-0.4, -0.2) is 102 Å². The van der Waals surface area contributed by atoms with Crippen LogP contribution >= 0.6 is 0 Å². The molecule has 6 amide bonds. The zero-order valence-electron chi connectivity index (χ0n) is 27.7. The van der Waals surface area contributed by atoms with E-state index in [9.17, 15) is 28.8 Å². The molecule has 0 bridgehead atoms. The third kappa shape index (κ3) is 8.97. The number of nitrogens with zero attached hydrogens (tertiary/aromatic N) is 3. The Hall–Kier alpha value is -5.35. The molecule has 16 heteroatoms. The van der Waals surface area contributed by atoms with E-state index in [1.165, 1.54) is 12.5 Å². The highest BCUT2D eigenvalue weighted by Gasteiger charge is 2.34. The molecule has 16 nitrogen and oxygen atoms in total. The molecule has 0 aliphatic carbocycles. The van der Waals surface area contributed by atoms with Gasteiger partial charge in [0.1, 0.15) is 12.1 Å². The van der Waals surface area contributed by atoms with Gasteiger partial charge in [0.05, 0.1) is 12.4 Å². The van der Waals surface area contributed by atoms with Crippen LogP contribution in [0.1, 0.15) is 58.5 Å². The summed E-state index contributed by atoms with van der Waals surface area (Å²) in [6, 6.07) is 5.55. The van der Waals surface area contributed by atoms with Crippen LogP contribution in [-0.2, 0) is 25.6 Å². The largest absolute Gasteiger partial charge is 0.377 e. The van der Waals surface area contributed by atoms with Gasteiger partial charge in [-0.2, -0.15) is 0 Å². The standard InChI is InChI=1S/C33H44N10O6/c1-42(2)26-11-9-22-28-20(26)6-5-7-21(28)32(48)43(33(22)49)15-14-38-30(46)25(10-12-27(36)44)41-31(47)24(8-3-4-13-34)40-29(45)23(35)16-19-17-37-18-39-19/h5-7,9,11,17-18,23-25H,3-4,8,10,12-16,34-35H2,1-2H3,(H2,36,44)(H,37,39)(H,38,46)(H,40,45)(H,41,47)/t23-,24-,25-/m0/s1. The first-order valence-electron chi connectivity index (χ1n) is 16.1. The maximum atomic E-state index is 13.4. The highest BCUT2D eigenvalue weighted by molar-refractivity contribution is 6.26. The predicted molar refractivity (Wildman–Crippen MR) is 182 cm³/mol. The van der Waals surface area contributed by atoms with E-state index in [1.807, 2.05) is 31.1 Å². The number of carbonyl (C=O) groups is 6. The number of aromatic amines is 1. The SMILES string of the molecule is CN(C)c1ccc2c3c(cccc13)C(=O)N(CCNC(=O)[C@H](CCC(N)=O)NC(=O)[C@H](CCCCN)NC(=O)[C@@H](N)Cc1cnc[nH]1)C2=O. The molecule has 0 saturated heterocycles. The first-order chi connectivity index (χ1) is 23.4. The van der Waals surface area contributed by atoms with Gasteiger partial charge in [-0.3, -0.25) is 33.7 Å². The Balaban J connectivity index is 1.42. The summed E-state index contributed by atoms with van der Waals surface area (Å²) in [4.78, 5) is 87.9. The highest BCUT2D eigenvalue weighted by Crippen LogP contribution is 2.35. The van der Waals surface area contributed by atoms with Crippen LogP contribution in [0.2, 0.25) is 0 Å². The lowest BCUT2D eigenvalue weighted by Gasteiger charge is -2.29. The zero-order valence-corrected chi connectivity index (χ0v) is 27.7. The van der Waals surface area contributed by atoms with Crippen molar-refractivity contribution >= 4 is 51.9 Å². The molecule has 0 fully saturated rings. The number of rotatable bonds is 18. The number of imidazole rings is 1. The number of amides is 6. The van der Waals surface area contributed by atoms with Crippen LogP contribution in [0.4, 0.5) is 5.69 Å². The van der Waals surface area contributed by atoms with Crippen LogP contribution in [0.3, 0.4) is 0 Å². The van der Waals surface area contributed by atoms with Crippen LogP contribution in [0, 0.1) is 0 Å². The Morgan fingerprint density at radius 2 is 1.63 bits per heavy atom. The van der Waals surface area contributed by atoms with Gasteiger partial charge in [-0.05, 0) is 50.4 Å². The maximum Gasteiger partial charge on any atom is 0.261 e. The van der Waals surface area contributed by atoms with E-state index in [4.69, 9.17) is 17.2 Å². The number of nitrogens with two attached hydrogens (primary N) is 3. The minimum absolute atomic E-state index is 0.124. The summed E-state index contributed by atoms with van der Waals surface area (Å²) >= 11 is 0. The lowest BCUT2D eigenvalue weighted by Crippen LogP contribution is -2.56. The summed E-state index contributed by atoms with van der Waals surface area (Å²) in [5, 5.41) is 9.29. The van der Waals surface area contributed by atoms with E-state index >= 15 is 0 Å². The van der Waals surface area contributed by atoms with E-state index < -0.39 is 53.6 Å².